The van der Waals surface area contributed by atoms with Gasteiger partial charge in [-0.05, 0) is 93.3 Å². The van der Waals surface area contributed by atoms with Crippen LogP contribution in [0.4, 0.5) is 4.79 Å². The summed E-state index contributed by atoms with van der Waals surface area (Å²) in [6.45, 7) is 16.5. The van der Waals surface area contributed by atoms with Crippen molar-refractivity contribution in [1.29, 1.82) is 0 Å². The van der Waals surface area contributed by atoms with Crippen LogP contribution in [0, 0.1) is 17.8 Å². The number of ketones is 1. The fourth-order valence-electron chi connectivity index (χ4n) is 9.07. The van der Waals surface area contributed by atoms with Gasteiger partial charge >= 0.3 is 12.1 Å². The number of likely N-dealkylation sites (N-methyl/N-ethyl adjacent to an activating group) is 1. The Balaban J connectivity index is 1.39. The van der Waals surface area contributed by atoms with Crippen LogP contribution >= 0.6 is 11.3 Å². The van der Waals surface area contributed by atoms with Gasteiger partial charge in [-0.3, -0.25) is 19.2 Å². The van der Waals surface area contributed by atoms with Crippen LogP contribution in [-0.2, 0) is 39.8 Å². The van der Waals surface area contributed by atoms with Gasteiger partial charge in [-0.15, -0.1) is 16.4 Å². The number of nitrogens with zero attached hydrogens (tertiary/aromatic N) is 6. The monoisotopic (exact) mass is 819 g/mol. The number of Topliss-reactive ketones (excluding diaryl/α,β-unsaturated/α-hetero) is 1. The predicted octanol–water partition coefficient (Wildman–Crippen LogP) is 4.16. The third-order valence-corrected chi connectivity index (χ3v) is 13.1. The number of aliphatic hydroxyl groups excluding tert-OH is 1. The number of fused-ring (bicyclic) bond motifs is 1. The highest BCUT2D eigenvalue weighted by Gasteiger charge is 2.58. The highest BCUT2D eigenvalue weighted by Crippen LogP contribution is 2.40. The molecule has 3 aliphatic rings. The minimum atomic E-state index is -1.22. The van der Waals surface area contributed by atoms with Gasteiger partial charge in [0.15, 0.2) is 17.7 Å². The third kappa shape index (κ3) is 9.88. The molecule has 3 saturated heterocycles. The second-order valence-corrected chi connectivity index (χ2v) is 17.9. The number of amides is 1. The molecule has 1 amide bonds. The maximum atomic E-state index is 14.4. The van der Waals surface area contributed by atoms with Crippen molar-refractivity contribution in [3.8, 4) is 10.7 Å². The molecule has 3 fully saturated rings. The second kappa shape index (κ2) is 18.9. The van der Waals surface area contributed by atoms with E-state index in [1.165, 1.54) is 18.3 Å². The van der Waals surface area contributed by atoms with Crippen molar-refractivity contribution in [3.05, 3.63) is 17.8 Å². The number of aliphatic hydroxyl groups is 1. The molecule has 3 aliphatic heterocycles. The Hall–Kier alpha value is -3.06. The molecule has 0 spiro atoms. The van der Waals surface area contributed by atoms with Crippen molar-refractivity contribution in [1.82, 2.24) is 35.1 Å². The fraction of sp³-hybridized carbons (Fsp3) is 0.800. The van der Waals surface area contributed by atoms with E-state index in [9.17, 15) is 19.5 Å². The molecule has 16 nitrogen and oxygen atoms in total. The van der Waals surface area contributed by atoms with Gasteiger partial charge in [0.05, 0.1) is 30.0 Å². The van der Waals surface area contributed by atoms with Crippen LogP contribution in [0.5, 0.6) is 0 Å². The van der Waals surface area contributed by atoms with Crippen LogP contribution in [0.2, 0.25) is 0 Å². The number of thiazole rings is 1. The number of aromatic nitrogens is 4. The molecule has 2 N–H and O–H groups in total. The number of nitrogens with one attached hydrogen (secondary N) is 1. The molecule has 0 bridgehead atoms. The highest BCUT2D eigenvalue weighted by atomic mass is 32.1. The Morgan fingerprint density at radius 3 is 2.47 bits per heavy atom. The van der Waals surface area contributed by atoms with Crippen LogP contribution in [0.3, 0.4) is 0 Å². The van der Waals surface area contributed by atoms with Gasteiger partial charge in [0.25, 0.3) is 0 Å². The fourth-order valence-corrected chi connectivity index (χ4v) is 9.66. The zero-order valence-electron chi connectivity index (χ0n) is 35.5. The van der Waals surface area contributed by atoms with Gasteiger partial charge in [-0.25, -0.2) is 9.78 Å². The van der Waals surface area contributed by atoms with E-state index in [0.29, 0.717) is 45.3 Å². The molecule has 0 saturated carbocycles. The molecule has 0 radical (unpaired) electrons. The van der Waals surface area contributed by atoms with E-state index in [4.69, 9.17) is 23.7 Å². The standard InChI is InChI=1S/C40H65N7O9S/c1-12-30-40(8)33(47(38(51)56-40)17-14-13-16-46-22-28(43-44-46)35-41-15-18-57-35)27(6)42-21-23(2)20-39(7,52-11)34(25(4)31(48)26(5)36(50)54-30)55-37-32(49)29(45(9)10)19-24(3)53-37/h15,18,22-27,29-30,32-34,37,42,49H,12-14,16-17,19-21H2,1-11H3/t23-,24-,25-,26-,27-,29?,30-,32?,33-,34-,37+,39-,40-/m1/s1. The maximum absolute atomic E-state index is 14.4. The number of esters is 1. The largest absolute Gasteiger partial charge is 0.458 e. The van der Waals surface area contributed by atoms with Crippen LogP contribution in [0.25, 0.3) is 10.7 Å². The number of carbonyl (C=O) groups is 3. The molecule has 320 valence electrons. The van der Waals surface area contributed by atoms with Crippen molar-refractivity contribution >= 4 is 29.2 Å². The van der Waals surface area contributed by atoms with Crippen molar-refractivity contribution < 1.29 is 43.2 Å². The summed E-state index contributed by atoms with van der Waals surface area (Å²) in [6, 6.07) is -1.02. The molecule has 2 aromatic heterocycles. The summed E-state index contributed by atoms with van der Waals surface area (Å²) < 4.78 is 33.2. The van der Waals surface area contributed by atoms with Gasteiger partial charge in [-0.1, -0.05) is 26.0 Å². The zero-order valence-corrected chi connectivity index (χ0v) is 36.4. The lowest BCUT2D eigenvalue weighted by Gasteiger charge is -2.46. The smallest absolute Gasteiger partial charge is 0.410 e. The van der Waals surface area contributed by atoms with E-state index in [1.54, 1.807) is 29.8 Å². The summed E-state index contributed by atoms with van der Waals surface area (Å²) in [5.41, 5.74) is -1.54. The Bertz CT molecular complexity index is 1650. The van der Waals surface area contributed by atoms with Gasteiger partial charge < -0.3 is 39.0 Å². The van der Waals surface area contributed by atoms with Crippen molar-refractivity contribution in [3.63, 3.8) is 0 Å². The first-order chi connectivity index (χ1) is 26.9. The Morgan fingerprint density at radius 1 is 1.11 bits per heavy atom. The molecule has 0 aliphatic carbocycles. The maximum Gasteiger partial charge on any atom is 0.410 e. The molecule has 57 heavy (non-hydrogen) atoms. The van der Waals surface area contributed by atoms with E-state index in [1.807, 2.05) is 65.2 Å². The normalized spacial score (nSPS) is 37.4. The molecular weight excluding hydrogens is 755 g/mol. The van der Waals surface area contributed by atoms with E-state index < -0.39 is 71.5 Å². The number of hydrogen-bond donors (Lipinski definition) is 2. The summed E-state index contributed by atoms with van der Waals surface area (Å²) in [7, 11) is 5.39. The SMILES string of the molecule is CC[C@H]1OC(=O)[C@H](C)C(=O)[C@@H](C)[C@@H](O[C@@H]2O[C@H](C)CC(N(C)C)C2O)[C@](C)(OC)C[C@@H](C)CN[C@H](C)[C@H]2N(CCCCn3cc(-c4nccs4)nn3)C(=O)O[C@]12C. The summed E-state index contributed by atoms with van der Waals surface area (Å²) in [5, 5.41) is 26.3. The van der Waals surface area contributed by atoms with E-state index in [0.717, 1.165) is 17.1 Å². The van der Waals surface area contributed by atoms with E-state index in [-0.39, 0.29) is 24.1 Å². The number of ether oxygens (including phenoxy) is 5. The van der Waals surface area contributed by atoms with Gasteiger partial charge in [0.1, 0.15) is 28.8 Å². The number of carbonyl (C=O) groups excluding carboxylic acids is 3. The Labute approximate surface area is 341 Å². The minimum Gasteiger partial charge on any atom is -0.458 e. The molecule has 2 unspecified atom stereocenters. The average molecular weight is 820 g/mol. The summed E-state index contributed by atoms with van der Waals surface area (Å²) in [5.74, 6) is -3.14. The average Bonchev–Trinajstić information content (AvgIpc) is 3.93. The van der Waals surface area contributed by atoms with Crippen LogP contribution in [0.1, 0.15) is 87.5 Å². The lowest BCUT2D eigenvalue weighted by atomic mass is 9.78. The number of aryl methyl sites for hydroxylation is 1. The van der Waals surface area contributed by atoms with Crippen LogP contribution in [-0.4, -0.2) is 147 Å². The third-order valence-electron chi connectivity index (χ3n) is 12.3. The van der Waals surface area contributed by atoms with Crippen LogP contribution in [0.15, 0.2) is 17.8 Å². The molecular formula is C40H65N7O9S. The summed E-state index contributed by atoms with van der Waals surface area (Å²) in [6.07, 6.45) is 1.99. The van der Waals surface area contributed by atoms with Crippen molar-refractivity contribution in [2.75, 3.05) is 34.3 Å². The van der Waals surface area contributed by atoms with E-state index >= 15 is 0 Å². The quantitative estimate of drug-likeness (QED) is 0.188. The van der Waals surface area contributed by atoms with Crippen molar-refractivity contribution in [2.45, 2.75) is 154 Å². The first-order valence-electron chi connectivity index (χ1n) is 20.4. The molecule has 17 heteroatoms. The first-order valence-corrected chi connectivity index (χ1v) is 21.3. The lowest BCUT2D eigenvalue weighted by molar-refractivity contribution is -0.295. The number of methoxy groups -OCH3 is 1. The van der Waals surface area contributed by atoms with Gasteiger partial charge in [0.2, 0.25) is 0 Å². The molecule has 0 aromatic carbocycles. The second-order valence-electron chi connectivity index (χ2n) is 17.0. The highest BCUT2D eigenvalue weighted by molar-refractivity contribution is 7.13. The summed E-state index contributed by atoms with van der Waals surface area (Å²) >= 11 is 1.50. The van der Waals surface area contributed by atoms with Gasteiger partial charge in [-0.2, -0.15) is 0 Å². The van der Waals surface area contributed by atoms with E-state index in [2.05, 4.69) is 27.5 Å². The minimum absolute atomic E-state index is 0.00599. The van der Waals surface area contributed by atoms with Crippen LogP contribution < -0.4 is 5.32 Å². The molecule has 13 atom stereocenters. The van der Waals surface area contributed by atoms with Crippen molar-refractivity contribution in [2.24, 2.45) is 17.8 Å². The predicted molar refractivity (Wildman–Crippen MR) is 213 cm³/mol. The molecule has 5 heterocycles. The Kier molecular flexibility index (Phi) is 14.9. The number of rotatable bonds is 11. The molecule has 2 aromatic rings. The number of hydrogen-bond acceptors (Lipinski definition) is 15. The van der Waals surface area contributed by atoms with Gasteiger partial charge in [0, 0.05) is 49.8 Å². The first kappa shape index (κ1) is 45.0. The Morgan fingerprint density at radius 2 is 1.82 bits per heavy atom. The molecule has 5 rings (SSSR count). The number of unbranched alkanes of at least 4 members (excludes halogenated alkanes) is 1. The zero-order chi connectivity index (χ0) is 41.8. The topological polar surface area (TPSA) is 180 Å². The number of cyclic esters (lactones) is 1. The lowest BCUT2D eigenvalue weighted by Crippen LogP contribution is -2.61. The summed E-state index contributed by atoms with van der Waals surface area (Å²) in [4.78, 5) is 50.1.